The van der Waals surface area contributed by atoms with Crippen LogP contribution < -0.4 is 5.32 Å². The molecule has 4 aliphatic carbocycles. The minimum atomic E-state index is 0.0452. The molecule has 4 bridgehead atoms. The van der Waals surface area contributed by atoms with Crippen molar-refractivity contribution >= 4 is 5.91 Å². The Morgan fingerprint density at radius 3 is 2.91 bits per heavy atom. The number of phenolic OH excluding ortho intramolecular Hbond substituents is 1. The Balaban J connectivity index is 1.24. The summed E-state index contributed by atoms with van der Waals surface area (Å²) in [6.45, 7) is 4.46. The highest BCUT2D eigenvalue weighted by atomic mass is 16.3. The fourth-order valence-corrected chi connectivity index (χ4v) is 10.3. The Kier molecular flexibility index (Phi) is 3.90. The van der Waals surface area contributed by atoms with Gasteiger partial charge >= 0.3 is 0 Å². The van der Waals surface area contributed by atoms with Crippen LogP contribution in [0, 0.1) is 23.2 Å². The molecule has 6 fully saturated rings. The molecule has 8 rings (SSSR count). The molecule has 5 heteroatoms. The van der Waals surface area contributed by atoms with E-state index in [4.69, 9.17) is 0 Å². The van der Waals surface area contributed by atoms with Gasteiger partial charge in [-0.15, -0.1) is 0 Å². The molecule has 5 nitrogen and oxygen atoms in total. The van der Waals surface area contributed by atoms with Crippen molar-refractivity contribution in [1.82, 2.24) is 15.1 Å². The number of amides is 1. The Labute approximate surface area is 196 Å². The number of piperidine rings is 1. The molecule has 0 unspecified atom stereocenters. The number of carbonyl (C=O) groups excluding carboxylic acids is 1. The van der Waals surface area contributed by atoms with E-state index in [0.29, 0.717) is 41.0 Å². The molecule has 3 saturated carbocycles. The summed E-state index contributed by atoms with van der Waals surface area (Å²) in [6.07, 6.45) is 11.1. The van der Waals surface area contributed by atoms with Gasteiger partial charge in [-0.25, -0.2) is 0 Å². The topological polar surface area (TPSA) is 55.8 Å². The lowest BCUT2D eigenvalue weighted by Gasteiger charge is -2.66. The highest BCUT2D eigenvalue weighted by molar-refractivity contribution is 5.83. The lowest BCUT2D eigenvalue weighted by molar-refractivity contribution is -0.141. The monoisotopic (exact) mass is 447 g/mol. The third kappa shape index (κ3) is 2.39. The summed E-state index contributed by atoms with van der Waals surface area (Å²) in [5.74, 6) is 2.94. The third-order valence-electron chi connectivity index (χ3n) is 11.4. The first kappa shape index (κ1) is 19.7. The SMILES string of the molecule is O=C([C@@H]1CCCN1)N1C[C@H]2C[C@@]34CC[C@@H]1[C@@H]2[C@@]31CCN(CC2CC2)[C@@H]4Cc2ccc(O)cc21. The van der Waals surface area contributed by atoms with Crippen LogP contribution in [0.25, 0.3) is 0 Å². The van der Waals surface area contributed by atoms with Crippen molar-refractivity contribution in [3.8, 4) is 5.75 Å². The van der Waals surface area contributed by atoms with Crippen LogP contribution in [0.5, 0.6) is 5.75 Å². The number of aromatic hydroxyl groups is 1. The maximum atomic E-state index is 13.6. The number of phenols is 1. The maximum Gasteiger partial charge on any atom is 0.239 e. The first-order valence-electron chi connectivity index (χ1n) is 13.7. The molecule has 1 aromatic rings. The summed E-state index contributed by atoms with van der Waals surface area (Å²) in [7, 11) is 0. The molecule has 33 heavy (non-hydrogen) atoms. The van der Waals surface area contributed by atoms with Crippen molar-refractivity contribution < 1.29 is 9.90 Å². The van der Waals surface area contributed by atoms with Gasteiger partial charge in [0.05, 0.1) is 6.04 Å². The predicted octanol–water partition coefficient (Wildman–Crippen LogP) is 3.05. The molecule has 0 radical (unpaired) electrons. The van der Waals surface area contributed by atoms with Gasteiger partial charge in [0.15, 0.2) is 0 Å². The molecule has 7 atom stereocenters. The van der Waals surface area contributed by atoms with Gasteiger partial charge in [0.2, 0.25) is 5.91 Å². The van der Waals surface area contributed by atoms with Crippen LogP contribution in [0.1, 0.15) is 62.5 Å². The van der Waals surface area contributed by atoms with Crippen LogP contribution >= 0.6 is 0 Å². The quantitative estimate of drug-likeness (QED) is 0.748. The minimum Gasteiger partial charge on any atom is -0.508 e. The van der Waals surface area contributed by atoms with Crippen molar-refractivity contribution in [2.45, 2.75) is 81.3 Å². The van der Waals surface area contributed by atoms with Gasteiger partial charge in [-0.3, -0.25) is 9.69 Å². The number of rotatable bonds is 3. The van der Waals surface area contributed by atoms with Crippen molar-refractivity contribution in [3.63, 3.8) is 0 Å². The normalized spacial score (nSPS) is 45.2. The molecular weight excluding hydrogens is 410 g/mol. The van der Waals surface area contributed by atoms with E-state index < -0.39 is 0 Å². The molecule has 7 aliphatic rings. The van der Waals surface area contributed by atoms with Gasteiger partial charge in [0.1, 0.15) is 5.75 Å². The van der Waals surface area contributed by atoms with Gasteiger partial charge in [0, 0.05) is 30.6 Å². The highest BCUT2D eigenvalue weighted by Crippen LogP contribution is 2.75. The van der Waals surface area contributed by atoms with Crippen molar-refractivity contribution in [3.05, 3.63) is 29.3 Å². The summed E-state index contributed by atoms with van der Waals surface area (Å²) < 4.78 is 0. The molecular formula is C28H37N3O2. The zero-order chi connectivity index (χ0) is 21.9. The fourth-order valence-electron chi connectivity index (χ4n) is 10.3. The van der Waals surface area contributed by atoms with E-state index in [1.165, 1.54) is 62.7 Å². The second kappa shape index (κ2) is 6.54. The first-order valence-corrected chi connectivity index (χ1v) is 13.7. The summed E-state index contributed by atoms with van der Waals surface area (Å²) in [4.78, 5) is 18.8. The molecule has 1 aromatic carbocycles. The van der Waals surface area contributed by atoms with Crippen LogP contribution in [0.4, 0.5) is 0 Å². The number of nitrogens with zero attached hydrogens (tertiary/aromatic N) is 2. The number of hydrogen-bond donors (Lipinski definition) is 2. The van der Waals surface area contributed by atoms with E-state index in [9.17, 15) is 9.90 Å². The number of likely N-dealkylation sites (tertiary alicyclic amines) is 2. The summed E-state index contributed by atoms with van der Waals surface area (Å²) in [5, 5.41) is 14.1. The summed E-state index contributed by atoms with van der Waals surface area (Å²) in [6, 6.07) is 7.37. The molecule has 0 spiro atoms. The number of fused-ring (bicyclic) bond motifs is 1. The predicted molar refractivity (Wildman–Crippen MR) is 126 cm³/mol. The number of hydrogen-bond acceptors (Lipinski definition) is 4. The first-order chi connectivity index (χ1) is 16.1. The van der Waals surface area contributed by atoms with Gasteiger partial charge in [-0.2, -0.15) is 0 Å². The molecule has 3 aliphatic heterocycles. The zero-order valence-electron chi connectivity index (χ0n) is 19.6. The summed E-state index contributed by atoms with van der Waals surface area (Å²) >= 11 is 0. The van der Waals surface area contributed by atoms with Gasteiger partial charge in [-0.05, 0) is 117 Å². The van der Waals surface area contributed by atoms with Crippen molar-refractivity contribution in [2.75, 3.05) is 26.2 Å². The van der Waals surface area contributed by atoms with E-state index in [0.717, 1.165) is 38.3 Å². The van der Waals surface area contributed by atoms with Crippen LogP contribution in [-0.4, -0.2) is 65.1 Å². The Hall–Kier alpha value is -1.59. The van der Waals surface area contributed by atoms with Crippen molar-refractivity contribution in [2.24, 2.45) is 23.2 Å². The minimum absolute atomic E-state index is 0.0452. The smallest absolute Gasteiger partial charge is 0.239 e. The van der Waals surface area contributed by atoms with E-state index in [1.807, 2.05) is 6.07 Å². The molecule has 2 N–H and O–H groups in total. The fraction of sp³-hybridized carbons (Fsp3) is 0.750. The third-order valence-corrected chi connectivity index (χ3v) is 11.4. The van der Waals surface area contributed by atoms with Crippen LogP contribution in [0.2, 0.25) is 0 Å². The van der Waals surface area contributed by atoms with Gasteiger partial charge < -0.3 is 15.3 Å². The Morgan fingerprint density at radius 1 is 1.18 bits per heavy atom. The number of benzene rings is 1. The van der Waals surface area contributed by atoms with Crippen LogP contribution in [0.15, 0.2) is 18.2 Å². The molecule has 3 heterocycles. The average Bonchev–Trinajstić information content (AvgIpc) is 3.24. The average molecular weight is 448 g/mol. The van der Waals surface area contributed by atoms with Gasteiger partial charge in [0.25, 0.3) is 0 Å². The maximum absolute atomic E-state index is 13.6. The Morgan fingerprint density at radius 2 is 2.09 bits per heavy atom. The van der Waals surface area contributed by atoms with E-state index in [-0.39, 0.29) is 11.5 Å². The lowest BCUT2D eigenvalue weighted by atomic mass is 9.43. The van der Waals surface area contributed by atoms with E-state index >= 15 is 0 Å². The van der Waals surface area contributed by atoms with Gasteiger partial charge in [-0.1, -0.05) is 6.07 Å². The Bertz CT molecular complexity index is 1020. The second-order valence-electron chi connectivity index (χ2n) is 12.6. The van der Waals surface area contributed by atoms with Crippen LogP contribution in [0.3, 0.4) is 0 Å². The zero-order valence-corrected chi connectivity index (χ0v) is 19.6. The van der Waals surface area contributed by atoms with Crippen molar-refractivity contribution in [1.29, 1.82) is 0 Å². The number of carbonyl (C=O) groups is 1. The summed E-state index contributed by atoms with van der Waals surface area (Å²) in [5.41, 5.74) is 3.44. The number of nitrogens with one attached hydrogen (secondary N) is 1. The molecule has 1 amide bonds. The van der Waals surface area contributed by atoms with E-state index in [2.05, 4.69) is 27.2 Å². The lowest BCUT2D eigenvalue weighted by Crippen LogP contribution is -2.70. The standard InChI is InChI=1S/C28H37N3O2/c32-20-6-5-18-12-24-27-8-7-23-25(19(14-27)16-31(23)26(33)22-2-1-10-29-22)28(27,21(18)13-20)9-11-30(24)15-17-3-4-17/h5-6,13,17,19,22-25,29,32H,1-4,7-12,14-16H2/t19-,22+,23-,24-,25-,27-,28+/m1/s1. The highest BCUT2D eigenvalue weighted by Gasteiger charge is 2.76. The molecule has 176 valence electrons. The molecule has 0 aromatic heterocycles. The second-order valence-corrected chi connectivity index (χ2v) is 12.6. The van der Waals surface area contributed by atoms with Crippen LogP contribution in [-0.2, 0) is 16.6 Å². The molecule has 3 saturated heterocycles. The van der Waals surface area contributed by atoms with E-state index in [1.54, 1.807) is 0 Å². The largest absolute Gasteiger partial charge is 0.508 e.